The van der Waals surface area contributed by atoms with Gasteiger partial charge < -0.3 is 5.32 Å². The molecule has 0 spiro atoms. The second-order valence-electron chi connectivity index (χ2n) is 10.5. The summed E-state index contributed by atoms with van der Waals surface area (Å²) in [7, 11) is 0. The van der Waals surface area contributed by atoms with Crippen LogP contribution in [0.15, 0.2) is 83.9 Å². The molecule has 0 fully saturated rings. The van der Waals surface area contributed by atoms with Crippen LogP contribution in [0.4, 0.5) is 0 Å². The van der Waals surface area contributed by atoms with Crippen molar-refractivity contribution in [3.63, 3.8) is 0 Å². The molecule has 0 saturated heterocycles. The molecule has 1 atom stereocenters. The fourth-order valence-corrected chi connectivity index (χ4v) is 5.38. The molecular formula is C30H32ClN7O. The molecular weight excluding hydrogens is 510 g/mol. The van der Waals surface area contributed by atoms with E-state index in [9.17, 15) is 4.79 Å². The minimum absolute atomic E-state index is 0.0992. The van der Waals surface area contributed by atoms with E-state index in [0.717, 1.165) is 34.9 Å². The van der Waals surface area contributed by atoms with E-state index in [1.54, 1.807) is 24.3 Å². The molecule has 3 aromatic carbocycles. The molecule has 0 aliphatic heterocycles. The monoisotopic (exact) mass is 541 g/mol. The van der Waals surface area contributed by atoms with Crippen molar-refractivity contribution in [1.82, 2.24) is 35.7 Å². The molecule has 1 aliphatic rings. The quantitative estimate of drug-likeness (QED) is 0.236. The number of allylic oxidation sites excluding steroid dienone is 1. The Hall–Kier alpha value is -4.04. The molecule has 6 rings (SSSR count). The maximum Gasteiger partial charge on any atom is 0.252 e. The van der Waals surface area contributed by atoms with Gasteiger partial charge in [0, 0.05) is 17.0 Å². The standard InChI is InChI=1S/C24H27ClN4O.C6H5N3/c1-16-7-6-14-24(2,3)19(16)15-22(26-23(30)17-10-12-18(25)13-11-17)29-21-9-5-4-8-20(21)27-28-29;1-2-4-6-5(3-1)7-9-8-6/h4-5,8-13,22H,6-7,14-15H2,1-3H3,(H,26,30);1-4H,(H,7,8,9). The molecule has 39 heavy (non-hydrogen) atoms. The zero-order chi connectivity index (χ0) is 27.4. The van der Waals surface area contributed by atoms with Crippen LogP contribution in [-0.2, 0) is 0 Å². The number of halogens is 1. The van der Waals surface area contributed by atoms with Crippen LogP contribution in [0.1, 0.15) is 63.0 Å². The lowest BCUT2D eigenvalue weighted by atomic mass is 9.71. The Morgan fingerprint density at radius 1 is 1.00 bits per heavy atom. The van der Waals surface area contributed by atoms with Gasteiger partial charge in [-0.1, -0.05) is 66.1 Å². The molecule has 0 saturated carbocycles. The first kappa shape index (κ1) is 26.6. The number of aromatic nitrogens is 6. The van der Waals surface area contributed by atoms with Crippen molar-refractivity contribution in [2.75, 3.05) is 0 Å². The molecule has 8 nitrogen and oxygen atoms in total. The lowest BCUT2D eigenvalue weighted by molar-refractivity contribution is 0.0913. The molecule has 1 unspecified atom stereocenters. The molecule has 5 aromatic rings. The van der Waals surface area contributed by atoms with Crippen molar-refractivity contribution in [2.45, 2.75) is 52.6 Å². The summed E-state index contributed by atoms with van der Waals surface area (Å²) in [6.07, 6.45) is 3.83. The summed E-state index contributed by atoms with van der Waals surface area (Å²) in [5.74, 6) is -0.150. The highest BCUT2D eigenvalue weighted by molar-refractivity contribution is 6.30. The van der Waals surface area contributed by atoms with Gasteiger partial charge in [0.2, 0.25) is 0 Å². The van der Waals surface area contributed by atoms with E-state index in [0.29, 0.717) is 17.0 Å². The van der Waals surface area contributed by atoms with Gasteiger partial charge >= 0.3 is 0 Å². The average molecular weight is 542 g/mol. The van der Waals surface area contributed by atoms with Crippen LogP contribution in [0.3, 0.4) is 0 Å². The molecule has 2 N–H and O–H groups in total. The van der Waals surface area contributed by atoms with Crippen LogP contribution in [-0.4, -0.2) is 36.3 Å². The van der Waals surface area contributed by atoms with Crippen molar-refractivity contribution < 1.29 is 4.79 Å². The Balaban J connectivity index is 0.000000287. The highest BCUT2D eigenvalue weighted by atomic mass is 35.5. The zero-order valence-corrected chi connectivity index (χ0v) is 23.1. The largest absolute Gasteiger partial charge is 0.330 e. The van der Waals surface area contributed by atoms with Gasteiger partial charge in [-0.25, -0.2) is 4.68 Å². The van der Waals surface area contributed by atoms with E-state index in [1.165, 1.54) is 17.6 Å². The third kappa shape index (κ3) is 6.01. The zero-order valence-electron chi connectivity index (χ0n) is 22.4. The Bertz CT molecular complexity index is 1590. The van der Waals surface area contributed by atoms with Crippen LogP contribution in [0.2, 0.25) is 5.02 Å². The number of H-pyrrole nitrogens is 1. The molecule has 2 aromatic heterocycles. The fraction of sp³-hybridized carbons (Fsp3) is 0.300. The maximum absolute atomic E-state index is 13.1. The normalized spacial score (nSPS) is 15.6. The van der Waals surface area contributed by atoms with E-state index >= 15 is 0 Å². The van der Waals surface area contributed by atoms with E-state index in [4.69, 9.17) is 11.6 Å². The molecule has 200 valence electrons. The minimum Gasteiger partial charge on any atom is -0.330 e. The number of hydrogen-bond donors (Lipinski definition) is 2. The number of nitrogens with zero attached hydrogens (tertiary/aromatic N) is 5. The lowest BCUT2D eigenvalue weighted by Crippen LogP contribution is -2.35. The van der Waals surface area contributed by atoms with E-state index in [-0.39, 0.29) is 17.5 Å². The first-order valence-corrected chi connectivity index (χ1v) is 13.5. The summed E-state index contributed by atoms with van der Waals surface area (Å²) in [4.78, 5) is 13.1. The van der Waals surface area contributed by atoms with Crippen molar-refractivity contribution in [3.05, 3.63) is 94.5 Å². The number of carbonyl (C=O) groups excluding carboxylic acids is 1. The molecule has 2 heterocycles. The SMILES string of the molecule is CC1=C(CC(NC(=O)c2ccc(Cl)cc2)n2nnc3ccccc32)C(C)(C)CCC1.c1ccc2n[nH]nc2c1. The number of amides is 1. The van der Waals surface area contributed by atoms with Crippen LogP contribution in [0, 0.1) is 5.41 Å². The van der Waals surface area contributed by atoms with Crippen molar-refractivity contribution in [1.29, 1.82) is 0 Å². The van der Waals surface area contributed by atoms with Crippen LogP contribution in [0.5, 0.6) is 0 Å². The summed E-state index contributed by atoms with van der Waals surface area (Å²) in [6, 6.07) is 22.5. The smallest absolute Gasteiger partial charge is 0.252 e. The second-order valence-corrected chi connectivity index (χ2v) is 11.0. The van der Waals surface area contributed by atoms with Crippen molar-refractivity contribution in [3.8, 4) is 0 Å². The van der Waals surface area contributed by atoms with Gasteiger partial charge in [0.1, 0.15) is 22.7 Å². The Morgan fingerprint density at radius 2 is 1.64 bits per heavy atom. The van der Waals surface area contributed by atoms with E-state index in [2.05, 4.69) is 51.8 Å². The maximum atomic E-state index is 13.1. The average Bonchev–Trinajstić information content (AvgIpc) is 3.58. The number of rotatable bonds is 5. The highest BCUT2D eigenvalue weighted by Gasteiger charge is 2.32. The van der Waals surface area contributed by atoms with Crippen molar-refractivity contribution >= 4 is 39.6 Å². The van der Waals surface area contributed by atoms with E-state index in [1.807, 2.05) is 53.2 Å². The van der Waals surface area contributed by atoms with Crippen LogP contribution < -0.4 is 5.32 Å². The molecule has 9 heteroatoms. The summed E-state index contributed by atoms with van der Waals surface area (Å²) >= 11 is 5.98. The predicted octanol–water partition coefficient (Wildman–Crippen LogP) is 6.89. The van der Waals surface area contributed by atoms with Gasteiger partial charge in [-0.15, -0.1) is 5.10 Å². The third-order valence-corrected chi connectivity index (χ3v) is 7.63. The van der Waals surface area contributed by atoms with Crippen LogP contribution >= 0.6 is 11.6 Å². The minimum atomic E-state index is -0.331. The topological polar surface area (TPSA) is 101 Å². The Morgan fingerprint density at radius 3 is 2.31 bits per heavy atom. The number of benzene rings is 3. The molecule has 0 bridgehead atoms. The number of fused-ring (bicyclic) bond motifs is 2. The molecule has 1 aliphatic carbocycles. The number of para-hydroxylation sites is 3. The summed E-state index contributed by atoms with van der Waals surface area (Å²) in [6.45, 7) is 6.80. The number of hydrogen-bond acceptors (Lipinski definition) is 5. The highest BCUT2D eigenvalue weighted by Crippen LogP contribution is 2.43. The number of aromatic amines is 1. The Labute approximate surface area is 232 Å². The van der Waals surface area contributed by atoms with Gasteiger partial charge in [0.05, 0.1) is 5.52 Å². The Kier molecular flexibility index (Phi) is 7.74. The first-order chi connectivity index (χ1) is 18.8. The molecule has 1 amide bonds. The molecule has 0 radical (unpaired) electrons. The summed E-state index contributed by atoms with van der Waals surface area (Å²) in [5, 5.41) is 22.8. The lowest BCUT2D eigenvalue weighted by Gasteiger charge is -2.36. The fourth-order valence-electron chi connectivity index (χ4n) is 5.26. The second kappa shape index (κ2) is 11.4. The van der Waals surface area contributed by atoms with Crippen molar-refractivity contribution in [2.24, 2.45) is 5.41 Å². The van der Waals surface area contributed by atoms with Crippen LogP contribution in [0.25, 0.3) is 22.1 Å². The van der Waals surface area contributed by atoms with Gasteiger partial charge in [-0.2, -0.15) is 15.4 Å². The van der Waals surface area contributed by atoms with Gasteiger partial charge in [0.15, 0.2) is 0 Å². The third-order valence-electron chi connectivity index (χ3n) is 7.38. The van der Waals surface area contributed by atoms with Gasteiger partial charge in [-0.3, -0.25) is 4.79 Å². The van der Waals surface area contributed by atoms with Gasteiger partial charge in [-0.05, 0) is 80.1 Å². The van der Waals surface area contributed by atoms with E-state index < -0.39 is 0 Å². The van der Waals surface area contributed by atoms with Gasteiger partial charge in [0.25, 0.3) is 5.91 Å². The number of carbonyl (C=O) groups is 1. The summed E-state index contributed by atoms with van der Waals surface area (Å²) < 4.78 is 1.84. The summed E-state index contributed by atoms with van der Waals surface area (Å²) in [5.41, 5.74) is 7.04. The first-order valence-electron chi connectivity index (χ1n) is 13.1. The number of nitrogens with one attached hydrogen (secondary N) is 2. The predicted molar refractivity (Wildman–Crippen MR) is 154 cm³/mol.